The van der Waals surface area contributed by atoms with Gasteiger partial charge in [-0.2, -0.15) is 0 Å². The molecule has 0 amide bonds. The normalized spacial score (nSPS) is 21.9. The van der Waals surface area contributed by atoms with Crippen molar-refractivity contribution >= 4 is 33.9 Å². The third kappa shape index (κ3) is 2.30. The standard InChI is InChI=1S/C17H17N3O3/c1-10-6-11(17(21)22)8-20(7-10)16-15-14(18-9-19-16)12-4-2-3-5-13(12)23-15/h2-5,9-11H,6-8H2,1H3,(H,21,22). The number of hydrogen-bond acceptors (Lipinski definition) is 5. The van der Waals surface area contributed by atoms with Crippen molar-refractivity contribution in [2.24, 2.45) is 11.8 Å². The fourth-order valence-corrected chi connectivity index (χ4v) is 3.44. The van der Waals surface area contributed by atoms with Crippen LogP contribution < -0.4 is 4.90 Å². The largest absolute Gasteiger partial charge is 0.481 e. The lowest BCUT2D eigenvalue weighted by atomic mass is 9.90. The van der Waals surface area contributed by atoms with Crippen LogP contribution in [0.25, 0.3) is 22.1 Å². The van der Waals surface area contributed by atoms with Crippen molar-refractivity contribution in [2.45, 2.75) is 13.3 Å². The minimum atomic E-state index is -0.753. The molecular weight excluding hydrogens is 294 g/mol. The van der Waals surface area contributed by atoms with E-state index in [0.29, 0.717) is 30.3 Å². The highest BCUT2D eigenvalue weighted by Gasteiger charge is 2.31. The highest BCUT2D eigenvalue weighted by Crippen LogP contribution is 2.34. The summed E-state index contributed by atoms with van der Waals surface area (Å²) in [5, 5.41) is 10.3. The van der Waals surface area contributed by atoms with E-state index in [1.54, 1.807) is 0 Å². The van der Waals surface area contributed by atoms with Crippen LogP contribution in [0.15, 0.2) is 35.0 Å². The topological polar surface area (TPSA) is 79.5 Å². The number of piperidine rings is 1. The summed E-state index contributed by atoms with van der Waals surface area (Å²) < 4.78 is 5.95. The molecule has 1 aliphatic rings. The zero-order valence-electron chi connectivity index (χ0n) is 12.8. The van der Waals surface area contributed by atoms with Crippen molar-refractivity contribution in [3.8, 4) is 0 Å². The van der Waals surface area contributed by atoms with Crippen LogP contribution in [-0.2, 0) is 4.79 Å². The molecule has 1 aliphatic heterocycles. The average molecular weight is 311 g/mol. The maximum atomic E-state index is 11.4. The Balaban J connectivity index is 1.83. The first kappa shape index (κ1) is 14.0. The Morgan fingerprint density at radius 1 is 1.30 bits per heavy atom. The number of carboxylic acid groups (broad SMARTS) is 1. The summed E-state index contributed by atoms with van der Waals surface area (Å²) in [4.78, 5) is 22.1. The molecular formula is C17H17N3O3. The van der Waals surface area contributed by atoms with Gasteiger partial charge in [-0.1, -0.05) is 19.1 Å². The predicted molar refractivity (Wildman–Crippen MR) is 86.4 cm³/mol. The van der Waals surface area contributed by atoms with Gasteiger partial charge in [0, 0.05) is 18.5 Å². The van der Waals surface area contributed by atoms with Crippen LogP contribution in [0.4, 0.5) is 5.82 Å². The third-order valence-corrected chi connectivity index (χ3v) is 4.45. The lowest BCUT2D eigenvalue weighted by Gasteiger charge is -2.35. The Kier molecular flexibility index (Phi) is 3.18. The molecule has 1 N–H and O–H groups in total. The number of carboxylic acids is 1. The highest BCUT2D eigenvalue weighted by molar-refractivity contribution is 6.05. The molecule has 6 nitrogen and oxygen atoms in total. The molecule has 0 spiro atoms. The summed E-state index contributed by atoms with van der Waals surface area (Å²) in [5.41, 5.74) is 2.17. The van der Waals surface area contributed by atoms with Crippen molar-refractivity contribution < 1.29 is 14.3 Å². The van der Waals surface area contributed by atoms with Crippen LogP contribution in [0, 0.1) is 11.8 Å². The molecule has 0 bridgehead atoms. The SMILES string of the molecule is CC1CC(C(=O)O)CN(c2ncnc3c2oc2ccccc23)C1. The molecule has 1 fully saturated rings. The first-order valence-corrected chi connectivity index (χ1v) is 7.73. The van der Waals surface area contributed by atoms with E-state index < -0.39 is 5.97 Å². The van der Waals surface area contributed by atoms with Crippen LogP contribution in [0.2, 0.25) is 0 Å². The molecule has 0 saturated carbocycles. The van der Waals surface area contributed by atoms with Gasteiger partial charge in [0.1, 0.15) is 17.4 Å². The second kappa shape index (κ2) is 5.22. The molecule has 4 rings (SSSR count). The van der Waals surface area contributed by atoms with E-state index in [9.17, 15) is 9.90 Å². The Morgan fingerprint density at radius 2 is 2.13 bits per heavy atom. The predicted octanol–water partition coefficient (Wildman–Crippen LogP) is 2.92. The number of aliphatic carboxylic acids is 1. The Hall–Kier alpha value is -2.63. The van der Waals surface area contributed by atoms with Gasteiger partial charge in [0.2, 0.25) is 0 Å². The summed E-state index contributed by atoms with van der Waals surface area (Å²) in [6.45, 7) is 3.29. The van der Waals surface area contributed by atoms with E-state index in [2.05, 4.69) is 16.9 Å². The second-order valence-corrected chi connectivity index (χ2v) is 6.25. The van der Waals surface area contributed by atoms with E-state index in [4.69, 9.17) is 4.42 Å². The number of aromatic nitrogens is 2. The summed E-state index contributed by atoms with van der Waals surface area (Å²) in [6.07, 6.45) is 2.22. The van der Waals surface area contributed by atoms with Gasteiger partial charge in [-0.05, 0) is 24.5 Å². The van der Waals surface area contributed by atoms with Crippen molar-refractivity contribution in [1.29, 1.82) is 0 Å². The first-order chi connectivity index (χ1) is 11.1. The van der Waals surface area contributed by atoms with Crippen molar-refractivity contribution in [2.75, 3.05) is 18.0 Å². The molecule has 3 heterocycles. The summed E-state index contributed by atoms with van der Waals surface area (Å²) in [7, 11) is 0. The summed E-state index contributed by atoms with van der Waals surface area (Å²) >= 11 is 0. The maximum absolute atomic E-state index is 11.4. The number of rotatable bonds is 2. The number of hydrogen-bond donors (Lipinski definition) is 1. The zero-order chi connectivity index (χ0) is 16.0. The molecule has 3 aromatic rings. The van der Waals surface area contributed by atoms with Gasteiger partial charge in [0.05, 0.1) is 5.92 Å². The van der Waals surface area contributed by atoms with E-state index in [1.807, 2.05) is 29.2 Å². The van der Waals surface area contributed by atoms with Gasteiger partial charge in [-0.15, -0.1) is 0 Å². The Labute approximate surface area is 132 Å². The number of benzene rings is 1. The van der Waals surface area contributed by atoms with E-state index >= 15 is 0 Å². The fraction of sp³-hybridized carbons (Fsp3) is 0.353. The molecule has 1 aromatic carbocycles. The quantitative estimate of drug-likeness (QED) is 0.784. The smallest absolute Gasteiger partial charge is 0.308 e. The molecule has 0 radical (unpaired) electrons. The maximum Gasteiger partial charge on any atom is 0.308 e. The van der Waals surface area contributed by atoms with Crippen LogP contribution in [0.1, 0.15) is 13.3 Å². The third-order valence-electron chi connectivity index (χ3n) is 4.45. The number of carbonyl (C=O) groups is 1. The van der Waals surface area contributed by atoms with E-state index in [1.165, 1.54) is 6.33 Å². The molecule has 2 atom stereocenters. The van der Waals surface area contributed by atoms with Gasteiger partial charge in [-0.3, -0.25) is 4.79 Å². The summed E-state index contributed by atoms with van der Waals surface area (Å²) in [5.74, 6) is -0.159. The van der Waals surface area contributed by atoms with Crippen LogP contribution in [0.3, 0.4) is 0 Å². The minimum Gasteiger partial charge on any atom is -0.481 e. The van der Waals surface area contributed by atoms with Crippen molar-refractivity contribution in [3.05, 3.63) is 30.6 Å². The van der Waals surface area contributed by atoms with Crippen molar-refractivity contribution in [1.82, 2.24) is 9.97 Å². The zero-order valence-corrected chi connectivity index (χ0v) is 12.8. The van der Waals surface area contributed by atoms with Crippen LogP contribution in [0.5, 0.6) is 0 Å². The minimum absolute atomic E-state index is 0.291. The number of nitrogens with zero attached hydrogens (tertiary/aromatic N) is 3. The van der Waals surface area contributed by atoms with E-state index in [0.717, 1.165) is 23.0 Å². The lowest BCUT2D eigenvalue weighted by molar-refractivity contribution is -0.142. The monoisotopic (exact) mass is 311 g/mol. The fourth-order valence-electron chi connectivity index (χ4n) is 3.44. The molecule has 6 heteroatoms. The van der Waals surface area contributed by atoms with Gasteiger partial charge in [-0.25, -0.2) is 9.97 Å². The van der Waals surface area contributed by atoms with Crippen LogP contribution >= 0.6 is 0 Å². The molecule has 0 aliphatic carbocycles. The Bertz CT molecular complexity index is 889. The lowest BCUT2D eigenvalue weighted by Crippen LogP contribution is -2.43. The van der Waals surface area contributed by atoms with Gasteiger partial charge in [0.15, 0.2) is 11.4 Å². The highest BCUT2D eigenvalue weighted by atomic mass is 16.4. The molecule has 2 unspecified atom stereocenters. The number of anilines is 1. The van der Waals surface area contributed by atoms with Crippen LogP contribution in [-0.4, -0.2) is 34.1 Å². The molecule has 118 valence electrons. The van der Waals surface area contributed by atoms with Gasteiger partial charge in [0.25, 0.3) is 0 Å². The Morgan fingerprint density at radius 3 is 2.96 bits per heavy atom. The summed E-state index contributed by atoms with van der Waals surface area (Å²) in [6, 6.07) is 7.74. The number of para-hydroxylation sites is 1. The number of furan rings is 1. The molecule has 23 heavy (non-hydrogen) atoms. The molecule has 2 aromatic heterocycles. The average Bonchev–Trinajstić information content (AvgIpc) is 2.92. The first-order valence-electron chi connectivity index (χ1n) is 7.73. The van der Waals surface area contributed by atoms with Gasteiger partial charge >= 0.3 is 5.97 Å². The molecule has 1 saturated heterocycles. The van der Waals surface area contributed by atoms with Crippen molar-refractivity contribution in [3.63, 3.8) is 0 Å². The second-order valence-electron chi connectivity index (χ2n) is 6.25. The van der Waals surface area contributed by atoms with E-state index in [-0.39, 0.29) is 5.92 Å². The number of fused-ring (bicyclic) bond motifs is 3. The van der Waals surface area contributed by atoms with Gasteiger partial charge < -0.3 is 14.4 Å².